The monoisotopic (exact) mass is 333 g/mol. The molecule has 2 rings (SSSR count). The normalized spacial score (nSPS) is 12.0. The van der Waals surface area contributed by atoms with Crippen molar-refractivity contribution in [3.8, 4) is 0 Å². The number of amides is 1. The molecule has 0 saturated heterocycles. The molecule has 1 N–H and O–H groups in total. The highest BCUT2D eigenvalue weighted by molar-refractivity contribution is 8.00. The molecule has 0 aliphatic heterocycles. The van der Waals surface area contributed by atoms with E-state index in [0.29, 0.717) is 5.02 Å². The van der Waals surface area contributed by atoms with Gasteiger partial charge in [-0.1, -0.05) is 29.3 Å². The number of nitrogens with one attached hydrogen (secondary N) is 1. The maximum absolute atomic E-state index is 12.4. The lowest BCUT2D eigenvalue weighted by atomic mass is 10.1. The lowest BCUT2D eigenvalue weighted by Crippen LogP contribution is -2.23. The molecule has 4 heteroatoms. The van der Waals surface area contributed by atoms with Crippen molar-refractivity contribution < 1.29 is 4.79 Å². The summed E-state index contributed by atoms with van der Waals surface area (Å²) < 4.78 is 0. The molecule has 116 valence electrons. The number of benzene rings is 2. The second-order valence-corrected chi connectivity index (χ2v) is 7.33. The van der Waals surface area contributed by atoms with Crippen molar-refractivity contribution >= 4 is 35.0 Å². The van der Waals surface area contributed by atoms with E-state index in [0.717, 1.165) is 21.7 Å². The van der Waals surface area contributed by atoms with Gasteiger partial charge in [-0.25, -0.2) is 0 Å². The van der Waals surface area contributed by atoms with E-state index in [1.165, 1.54) is 17.3 Å². The lowest BCUT2D eigenvalue weighted by Gasteiger charge is -2.16. The predicted octanol–water partition coefficient (Wildman–Crippen LogP) is 5.38. The maximum Gasteiger partial charge on any atom is 0.237 e. The molecule has 0 fully saturated rings. The van der Waals surface area contributed by atoms with E-state index in [2.05, 4.69) is 24.4 Å². The van der Waals surface area contributed by atoms with Crippen LogP contribution in [0.2, 0.25) is 5.02 Å². The van der Waals surface area contributed by atoms with E-state index >= 15 is 0 Å². The van der Waals surface area contributed by atoms with Gasteiger partial charge in [0.25, 0.3) is 0 Å². The van der Waals surface area contributed by atoms with Crippen LogP contribution < -0.4 is 5.32 Å². The van der Waals surface area contributed by atoms with E-state index in [1.54, 1.807) is 0 Å². The summed E-state index contributed by atoms with van der Waals surface area (Å²) in [7, 11) is 0. The van der Waals surface area contributed by atoms with Gasteiger partial charge in [-0.05, 0) is 63.1 Å². The van der Waals surface area contributed by atoms with Gasteiger partial charge in [0, 0.05) is 15.6 Å². The summed E-state index contributed by atoms with van der Waals surface area (Å²) in [5.74, 6) is 0.00926. The zero-order valence-electron chi connectivity index (χ0n) is 13.2. The number of hydrogen-bond acceptors (Lipinski definition) is 2. The van der Waals surface area contributed by atoms with Gasteiger partial charge in [0.2, 0.25) is 5.91 Å². The van der Waals surface area contributed by atoms with Gasteiger partial charge in [-0.15, -0.1) is 11.8 Å². The minimum absolute atomic E-state index is 0.00926. The molecule has 0 bridgehead atoms. The Hall–Kier alpha value is -1.45. The molecule has 1 atom stereocenters. The average Bonchev–Trinajstić information content (AvgIpc) is 2.45. The maximum atomic E-state index is 12.4. The van der Waals surface area contributed by atoms with Crippen LogP contribution in [0, 0.1) is 20.8 Å². The van der Waals surface area contributed by atoms with Crippen LogP contribution in [0.15, 0.2) is 41.3 Å². The van der Waals surface area contributed by atoms with Gasteiger partial charge in [0.15, 0.2) is 0 Å². The van der Waals surface area contributed by atoms with Gasteiger partial charge in [0.05, 0.1) is 5.25 Å². The third-order valence-corrected chi connectivity index (χ3v) is 4.78. The van der Waals surface area contributed by atoms with Gasteiger partial charge < -0.3 is 5.32 Å². The smallest absolute Gasteiger partial charge is 0.237 e. The number of halogens is 1. The lowest BCUT2D eigenvalue weighted by molar-refractivity contribution is -0.115. The van der Waals surface area contributed by atoms with Gasteiger partial charge in [0.1, 0.15) is 0 Å². The largest absolute Gasteiger partial charge is 0.325 e. The Morgan fingerprint density at radius 3 is 2.18 bits per heavy atom. The zero-order valence-corrected chi connectivity index (χ0v) is 14.8. The van der Waals surface area contributed by atoms with Crippen LogP contribution in [-0.4, -0.2) is 11.2 Å². The van der Waals surface area contributed by atoms with Crippen LogP contribution in [0.1, 0.15) is 23.6 Å². The highest BCUT2D eigenvalue weighted by Gasteiger charge is 2.16. The van der Waals surface area contributed by atoms with Crippen LogP contribution in [0.25, 0.3) is 0 Å². The molecular weight excluding hydrogens is 314 g/mol. The average molecular weight is 334 g/mol. The van der Waals surface area contributed by atoms with Crippen molar-refractivity contribution in [3.63, 3.8) is 0 Å². The fourth-order valence-corrected chi connectivity index (χ4v) is 3.37. The SMILES string of the molecule is Cc1cc(C)c(NC(=O)C(C)Sc2ccc(Cl)cc2)c(C)c1. The number of carbonyl (C=O) groups is 1. The van der Waals surface area contributed by atoms with E-state index in [4.69, 9.17) is 11.6 Å². The third kappa shape index (κ3) is 4.28. The first kappa shape index (κ1) is 16.9. The van der Waals surface area contributed by atoms with E-state index in [1.807, 2.05) is 45.0 Å². The Labute approximate surface area is 141 Å². The van der Waals surface area contributed by atoms with Crippen molar-refractivity contribution in [1.82, 2.24) is 0 Å². The van der Waals surface area contributed by atoms with E-state index in [9.17, 15) is 4.79 Å². The molecule has 0 aromatic heterocycles. The molecule has 0 radical (unpaired) electrons. The molecule has 0 spiro atoms. The molecular formula is C18H20ClNOS. The Morgan fingerprint density at radius 2 is 1.64 bits per heavy atom. The highest BCUT2D eigenvalue weighted by Crippen LogP contribution is 2.27. The van der Waals surface area contributed by atoms with Gasteiger partial charge >= 0.3 is 0 Å². The minimum atomic E-state index is -0.179. The predicted molar refractivity (Wildman–Crippen MR) is 96.1 cm³/mol. The van der Waals surface area contributed by atoms with Crippen LogP contribution >= 0.6 is 23.4 Å². The van der Waals surface area contributed by atoms with Crippen molar-refractivity contribution in [2.24, 2.45) is 0 Å². The molecule has 1 amide bonds. The van der Waals surface area contributed by atoms with Crippen LogP contribution in [0.3, 0.4) is 0 Å². The van der Waals surface area contributed by atoms with Crippen molar-refractivity contribution in [2.45, 2.75) is 37.8 Å². The van der Waals surface area contributed by atoms with Crippen LogP contribution in [0.4, 0.5) is 5.69 Å². The van der Waals surface area contributed by atoms with Crippen LogP contribution in [-0.2, 0) is 4.79 Å². The van der Waals surface area contributed by atoms with Crippen LogP contribution in [0.5, 0.6) is 0 Å². The first-order valence-electron chi connectivity index (χ1n) is 7.18. The Bertz CT molecular complexity index is 659. The zero-order chi connectivity index (χ0) is 16.3. The van der Waals surface area contributed by atoms with Crippen molar-refractivity contribution in [1.29, 1.82) is 0 Å². The molecule has 0 heterocycles. The number of aryl methyl sites for hydroxylation is 3. The topological polar surface area (TPSA) is 29.1 Å². The fourth-order valence-electron chi connectivity index (χ4n) is 2.37. The minimum Gasteiger partial charge on any atom is -0.325 e. The Balaban J connectivity index is 2.07. The Kier molecular flexibility index (Phi) is 5.54. The summed E-state index contributed by atoms with van der Waals surface area (Å²) in [6, 6.07) is 11.7. The second-order valence-electron chi connectivity index (χ2n) is 5.48. The molecule has 22 heavy (non-hydrogen) atoms. The fraction of sp³-hybridized carbons (Fsp3) is 0.278. The molecule has 2 nitrogen and oxygen atoms in total. The van der Waals surface area contributed by atoms with E-state index < -0.39 is 0 Å². The second kappa shape index (κ2) is 7.21. The number of hydrogen-bond donors (Lipinski definition) is 1. The first-order valence-corrected chi connectivity index (χ1v) is 8.43. The van der Waals surface area contributed by atoms with E-state index in [-0.39, 0.29) is 11.2 Å². The summed E-state index contributed by atoms with van der Waals surface area (Å²) in [6.45, 7) is 8.01. The quantitative estimate of drug-likeness (QED) is 0.760. The highest BCUT2D eigenvalue weighted by atomic mass is 35.5. The summed E-state index contributed by atoms with van der Waals surface area (Å²) in [5, 5.41) is 3.57. The van der Waals surface area contributed by atoms with Gasteiger partial charge in [-0.3, -0.25) is 4.79 Å². The molecule has 0 saturated carbocycles. The van der Waals surface area contributed by atoms with Gasteiger partial charge in [-0.2, -0.15) is 0 Å². The molecule has 1 unspecified atom stereocenters. The van der Waals surface area contributed by atoms with Crippen molar-refractivity contribution in [2.75, 3.05) is 5.32 Å². The molecule has 0 aliphatic carbocycles. The first-order chi connectivity index (χ1) is 10.4. The molecule has 2 aromatic carbocycles. The molecule has 2 aromatic rings. The third-order valence-electron chi connectivity index (χ3n) is 3.42. The summed E-state index contributed by atoms with van der Waals surface area (Å²) in [6.07, 6.45) is 0. The number of anilines is 1. The molecule has 0 aliphatic rings. The summed E-state index contributed by atoms with van der Waals surface area (Å²) >= 11 is 7.40. The number of rotatable bonds is 4. The standard InChI is InChI=1S/C18H20ClNOS/c1-11-9-12(2)17(13(3)10-11)20-18(21)14(4)22-16-7-5-15(19)6-8-16/h5-10,14H,1-4H3,(H,20,21). The van der Waals surface area contributed by atoms with Crippen molar-refractivity contribution in [3.05, 3.63) is 58.1 Å². The summed E-state index contributed by atoms with van der Waals surface area (Å²) in [5.41, 5.74) is 4.31. The number of thioether (sulfide) groups is 1. The number of carbonyl (C=O) groups excluding carboxylic acids is 1. The Morgan fingerprint density at radius 1 is 1.09 bits per heavy atom. The summed E-state index contributed by atoms with van der Waals surface area (Å²) in [4.78, 5) is 13.4.